The highest BCUT2D eigenvalue weighted by molar-refractivity contribution is 5.96. The second-order valence-electron chi connectivity index (χ2n) is 11.5. The molecule has 1 aliphatic heterocycles. The number of carbonyl (C=O) groups is 2. The molecular weight excluding hydrogens is 507 g/mol. The topological polar surface area (TPSA) is 74.6 Å². The molecule has 39 heavy (non-hydrogen) atoms. The van der Waals surface area contributed by atoms with Crippen molar-refractivity contribution in [3.05, 3.63) is 82.9 Å². The molecule has 6 nitrogen and oxygen atoms in total. The minimum absolute atomic E-state index is 0.0162. The Hall–Kier alpha value is -3.59. The van der Waals surface area contributed by atoms with E-state index >= 15 is 0 Å². The Morgan fingerprint density at radius 2 is 1.77 bits per heavy atom. The first-order chi connectivity index (χ1) is 18.2. The average molecular weight is 542 g/mol. The fraction of sp³-hybridized carbons (Fsp3) is 0.400. The molecular formula is C30H34F3N3O3. The zero-order valence-corrected chi connectivity index (χ0v) is 22.8. The first-order valence-corrected chi connectivity index (χ1v) is 12.9. The van der Waals surface area contributed by atoms with Crippen LogP contribution in [0.25, 0.3) is 11.3 Å². The van der Waals surface area contributed by atoms with Crippen molar-refractivity contribution in [3.63, 3.8) is 0 Å². The van der Waals surface area contributed by atoms with E-state index in [1.165, 1.54) is 30.5 Å². The molecule has 9 heteroatoms. The number of furan rings is 1. The molecule has 0 radical (unpaired) electrons. The minimum Gasteiger partial charge on any atom is -0.463 e. The van der Waals surface area contributed by atoms with Crippen molar-refractivity contribution in [1.29, 1.82) is 0 Å². The number of amides is 2. The Morgan fingerprint density at radius 1 is 1.05 bits per heavy atom. The molecule has 2 N–H and O–H groups in total. The summed E-state index contributed by atoms with van der Waals surface area (Å²) in [7, 11) is 0. The van der Waals surface area contributed by atoms with Crippen LogP contribution in [0.3, 0.4) is 0 Å². The maximum atomic E-state index is 14.2. The number of benzene rings is 2. The van der Waals surface area contributed by atoms with Crippen LogP contribution in [0, 0.1) is 30.3 Å². The molecule has 208 valence electrons. The van der Waals surface area contributed by atoms with Crippen LogP contribution in [0.2, 0.25) is 0 Å². The van der Waals surface area contributed by atoms with E-state index in [1.54, 1.807) is 20.8 Å². The monoisotopic (exact) mass is 541 g/mol. The molecule has 3 aromatic rings. The normalized spacial score (nSPS) is 15.2. The summed E-state index contributed by atoms with van der Waals surface area (Å²) in [6, 6.07) is 9.14. The smallest absolute Gasteiger partial charge is 0.255 e. The second-order valence-corrected chi connectivity index (χ2v) is 11.5. The largest absolute Gasteiger partial charge is 0.463 e. The Bertz CT molecular complexity index is 1360. The van der Waals surface area contributed by atoms with Gasteiger partial charge in [-0.05, 0) is 68.1 Å². The lowest BCUT2D eigenvalue weighted by molar-refractivity contribution is -0.126. The minimum atomic E-state index is -0.838. The molecule has 2 amide bonds. The van der Waals surface area contributed by atoms with E-state index < -0.39 is 28.6 Å². The number of nitrogens with zero attached hydrogens (tertiary/aromatic N) is 1. The molecule has 0 saturated carbocycles. The number of rotatable bonds is 9. The van der Waals surface area contributed by atoms with Gasteiger partial charge in [-0.25, -0.2) is 13.2 Å². The van der Waals surface area contributed by atoms with Gasteiger partial charge in [-0.3, -0.25) is 14.5 Å². The Labute approximate surface area is 226 Å². The number of hydrogen-bond acceptors (Lipinski definition) is 4. The van der Waals surface area contributed by atoms with Gasteiger partial charge in [-0.2, -0.15) is 0 Å². The highest BCUT2D eigenvalue weighted by atomic mass is 19.1. The van der Waals surface area contributed by atoms with E-state index in [9.17, 15) is 22.8 Å². The molecule has 0 atom stereocenters. The van der Waals surface area contributed by atoms with E-state index in [2.05, 4.69) is 29.4 Å². The van der Waals surface area contributed by atoms with Gasteiger partial charge in [0.15, 0.2) is 0 Å². The summed E-state index contributed by atoms with van der Waals surface area (Å²) in [5.74, 6) is -2.15. The number of halogens is 3. The van der Waals surface area contributed by atoms with Gasteiger partial charge in [0.25, 0.3) is 5.91 Å². The van der Waals surface area contributed by atoms with Crippen LogP contribution < -0.4 is 10.6 Å². The van der Waals surface area contributed by atoms with E-state index in [1.807, 2.05) is 6.07 Å². The van der Waals surface area contributed by atoms with Crippen molar-refractivity contribution in [2.45, 2.75) is 52.1 Å². The van der Waals surface area contributed by atoms with Gasteiger partial charge in [0.2, 0.25) is 5.91 Å². The third-order valence-electron chi connectivity index (χ3n) is 6.83. The van der Waals surface area contributed by atoms with Crippen LogP contribution in [0.1, 0.15) is 55.6 Å². The van der Waals surface area contributed by atoms with Crippen molar-refractivity contribution >= 4 is 11.8 Å². The van der Waals surface area contributed by atoms with Crippen LogP contribution in [0.5, 0.6) is 0 Å². The molecule has 1 saturated heterocycles. The number of carbonyl (C=O) groups excluding carboxylic acids is 2. The van der Waals surface area contributed by atoms with Gasteiger partial charge in [0.05, 0.1) is 28.6 Å². The quantitative estimate of drug-likeness (QED) is 0.372. The molecule has 2 aromatic carbocycles. The molecule has 0 spiro atoms. The molecule has 1 aromatic heterocycles. The van der Waals surface area contributed by atoms with Gasteiger partial charge < -0.3 is 15.1 Å². The number of likely N-dealkylation sites (tertiary alicyclic amines) is 1. The lowest BCUT2D eigenvalue weighted by Gasteiger charge is -2.51. The maximum Gasteiger partial charge on any atom is 0.255 e. The molecule has 0 bridgehead atoms. The van der Waals surface area contributed by atoms with Crippen molar-refractivity contribution in [2.75, 3.05) is 19.6 Å². The fourth-order valence-electron chi connectivity index (χ4n) is 5.16. The average Bonchev–Trinajstić information content (AvgIpc) is 3.26. The zero-order chi connectivity index (χ0) is 28.5. The third-order valence-corrected chi connectivity index (χ3v) is 6.83. The van der Waals surface area contributed by atoms with Crippen LogP contribution in [0.4, 0.5) is 13.2 Å². The van der Waals surface area contributed by atoms with Gasteiger partial charge >= 0.3 is 0 Å². The van der Waals surface area contributed by atoms with Gasteiger partial charge in [-0.1, -0.05) is 19.9 Å². The Balaban J connectivity index is 1.49. The highest BCUT2D eigenvalue weighted by Crippen LogP contribution is 2.30. The third kappa shape index (κ3) is 6.71. The second kappa shape index (κ2) is 10.9. The Morgan fingerprint density at radius 3 is 2.41 bits per heavy atom. The van der Waals surface area contributed by atoms with Crippen LogP contribution in [0.15, 0.2) is 53.1 Å². The number of aryl methyl sites for hydroxylation is 1. The lowest BCUT2D eigenvalue weighted by atomic mass is 9.84. The predicted molar refractivity (Wildman–Crippen MR) is 142 cm³/mol. The van der Waals surface area contributed by atoms with Gasteiger partial charge in [0, 0.05) is 25.7 Å². The van der Waals surface area contributed by atoms with Crippen molar-refractivity contribution in [1.82, 2.24) is 15.5 Å². The summed E-state index contributed by atoms with van der Waals surface area (Å²) in [5.41, 5.74) is -0.0881. The fourth-order valence-corrected chi connectivity index (χ4v) is 5.16. The van der Waals surface area contributed by atoms with Crippen LogP contribution in [-0.2, 0) is 10.3 Å². The van der Waals surface area contributed by atoms with Crippen molar-refractivity contribution in [3.8, 4) is 11.3 Å². The molecule has 2 heterocycles. The van der Waals surface area contributed by atoms with Crippen LogP contribution in [-0.4, -0.2) is 41.9 Å². The number of nitrogens with one attached hydrogen (secondary N) is 2. The summed E-state index contributed by atoms with van der Waals surface area (Å²) in [4.78, 5) is 28.6. The SMILES string of the molecule is Cc1cc(F)cc(C(C)(C)NC(=O)CC2(NC(=O)c3coc(-c4ccc(F)cc4F)c3)CN(CC(C)C)C2)c1. The summed E-state index contributed by atoms with van der Waals surface area (Å²) < 4.78 is 46.9. The summed E-state index contributed by atoms with van der Waals surface area (Å²) in [6.07, 6.45) is 1.23. The highest BCUT2D eigenvalue weighted by Gasteiger charge is 2.46. The summed E-state index contributed by atoms with van der Waals surface area (Å²) in [5, 5.41) is 5.99. The zero-order valence-electron chi connectivity index (χ0n) is 22.8. The van der Waals surface area contributed by atoms with Crippen LogP contribution >= 0.6 is 0 Å². The Kier molecular flexibility index (Phi) is 7.93. The molecule has 0 unspecified atom stereocenters. The van der Waals surface area contributed by atoms with Gasteiger partial charge in [-0.15, -0.1) is 0 Å². The molecule has 1 fully saturated rings. The standard InChI is InChI=1S/C30H34F3N3O3/c1-18(2)14-36-16-30(17-36,13-27(37)34-29(4,5)21-8-19(3)9-23(32)11-21)35-28(38)20-10-26(39-15-20)24-7-6-22(31)12-25(24)33/h6-12,15,18H,13-14,16-17H2,1-5H3,(H,34,37)(H,35,38). The summed E-state index contributed by atoms with van der Waals surface area (Å²) >= 11 is 0. The summed E-state index contributed by atoms with van der Waals surface area (Å²) in [6.45, 7) is 11.3. The van der Waals surface area contributed by atoms with E-state index in [4.69, 9.17) is 4.42 Å². The molecule has 1 aliphatic rings. The molecule has 4 rings (SSSR count). The first kappa shape index (κ1) is 28.4. The van der Waals surface area contributed by atoms with Crippen molar-refractivity contribution in [2.24, 2.45) is 5.92 Å². The molecule has 0 aliphatic carbocycles. The lowest BCUT2D eigenvalue weighted by Crippen LogP contribution is -2.71. The first-order valence-electron chi connectivity index (χ1n) is 12.9. The predicted octanol–water partition coefficient (Wildman–Crippen LogP) is 5.55. The maximum absolute atomic E-state index is 14.2. The van der Waals surface area contributed by atoms with Crippen molar-refractivity contribution < 1.29 is 27.2 Å². The number of hydrogen-bond donors (Lipinski definition) is 2. The van der Waals surface area contributed by atoms with E-state index in [-0.39, 0.29) is 35.0 Å². The van der Waals surface area contributed by atoms with Gasteiger partial charge in [0.1, 0.15) is 29.5 Å². The van der Waals surface area contributed by atoms with E-state index in [0.29, 0.717) is 24.6 Å². The van der Waals surface area contributed by atoms with E-state index in [0.717, 1.165) is 24.2 Å².